The van der Waals surface area contributed by atoms with Gasteiger partial charge < -0.3 is 10.2 Å². The topological polar surface area (TPSA) is 53.4 Å². The number of aromatic nitrogens is 1. The van der Waals surface area contributed by atoms with Crippen LogP contribution in [0.1, 0.15) is 43.8 Å². The number of pyridine rings is 1. The van der Waals surface area contributed by atoms with Crippen molar-refractivity contribution in [2.24, 2.45) is 5.92 Å². The highest BCUT2D eigenvalue weighted by Crippen LogP contribution is 2.31. The highest BCUT2D eigenvalue weighted by molar-refractivity contribution is 5.13. The fraction of sp³-hybridized carbons (Fsp3) is 0.615. The maximum absolute atomic E-state index is 10.1. The van der Waals surface area contributed by atoms with Gasteiger partial charge in [-0.3, -0.25) is 4.98 Å². The summed E-state index contributed by atoms with van der Waals surface area (Å²) in [5.41, 5.74) is 0.709. The summed E-state index contributed by atoms with van der Waals surface area (Å²) < 4.78 is 0. The maximum atomic E-state index is 10.1. The van der Waals surface area contributed by atoms with Crippen LogP contribution in [0.25, 0.3) is 0 Å². The van der Waals surface area contributed by atoms with Crippen LogP contribution in [0.4, 0.5) is 0 Å². The fourth-order valence-corrected chi connectivity index (χ4v) is 2.48. The second-order valence-corrected chi connectivity index (χ2v) is 4.62. The number of aliphatic hydroxyl groups is 2. The molecule has 3 nitrogen and oxygen atoms in total. The largest absolute Gasteiger partial charge is 0.390 e. The molecule has 0 amide bonds. The Balaban J connectivity index is 2.00. The van der Waals surface area contributed by atoms with Crippen LogP contribution in [0.2, 0.25) is 0 Å². The minimum Gasteiger partial charge on any atom is -0.390 e. The summed E-state index contributed by atoms with van der Waals surface area (Å²) >= 11 is 0. The van der Waals surface area contributed by atoms with Crippen molar-refractivity contribution in [3.63, 3.8) is 0 Å². The van der Waals surface area contributed by atoms with Crippen molar-refractivity contribution in [2.45, 2.75) is 44.3 Å². The van der Waals surface area contributed by atoms with Crippen molar-refractivity contribution < 1.29 is 10.2 Å². The molecule has 1 saturated carbocycles. The lowest BCUT2D eigenvalue weighted by molar-refractivity contribution is -0.0287. The molecule has 1 heterocycles. The van der Waals surface area contributed by atoms with E-state index < -0.39 is 12.2 Å². The average molecular weight is 221 g/mol. The van der Waals surface area contributed by atoms with E-state index in [0.29, 0.717) is 5.56 Å². The minimum atomic E-state index is -0.795. The third kappa shape index (κ3) is 2.60. The van der Waals surface area contributed by atoms with Crippen LogP contribution in [0, 0.1) is 5.92 Å². The molecule has 3 heteroatoms. The van der Waals surface area contributed by atoms with Gasteiger partial charge in [-0.1, -0.05) is 25.3 Å². The molecule has 1 fully saturated rings. The molecule has 0 bridgehead atoms. The van der Waals surface area contributed by atoms with Crippen molar-refractivity contribution in [3.8, 4) is 0 Å². The highest BCUT2D eigenvalue weighted by atomic mass is 16.3. The molecule has 1 aliphatic carbocycles. The standard InChI is InChI=1S/C13H19NO2/c15-12(10-5-2-1-3-6-10)13(16)11-7-4-8-14-9-11/h4,7-10,12-13,15-16H,1-3,5-6H2. The van der Waals surface area contributed by atoms with E-state index >= 15 is 0 Å². The number of hydrogen-bond donors (Lipinski definition) is 2. The Labute approximate surface area is 96.2 Å². The summed E-state index contributed by atoms with van der Waals surface area (Å²) in [6.07, 6.45) is 7.49. The van der Waals surface area contributed by atoms with Crippen LogP contribution < -0.4 is 0 Å². The Hall–Kier alpha value is -0.930. The summed E-state index contributed by atoms with van der Waals surface area (Å²) in [7, 11) is 0. The number of rotatable bonds is 3. The summed E-state index contributed by atoms with van der Waals surface area (Å²) in [5, 5.41) is 20.2. The molecule has 0 radical (unpaired) electrons. The first-order valence-electron chi connectivity index (χ1n) is 6.05. The third-order valence-electron chi connectivity index (χ3n) is 3.48. The lowest BCUT2D eigenvalue weighted by Gasteiger charge is -2.29. The first-order chi connectivity index (χ1) is 7.79. The van der Waals surface area contributed by atoms with Gasteiger partial charge >= 0.3 is 0 Å². The summed E-state index contributed by atoms with van der Waals surface area (Å²) in [4.78, 5) is 3.96. The molecule has 0 spiro atoms. The molecule has 0 aromatic carbocycles. The Morgan fingerprint density at radius 2 is 1.94 bits per heavy atom. The Kier molecular flexibility index (Phi) is 3.91. The molecule has 1 aromatic heterocycles. The van der Waals surface area contributed by atoms with Gasteiger partial charge in [-0.2, -0.15) is 0 Å². The minimum absolute atomic E-state index is 0.240. The van der Waals surface area contributed by atoms with Crippen molar-refractivity contribution in [2.75, 3.05) is 0 Å². The van der Waals surface area contributed by atoms with Gasteiger partial charge in [0.05, 0.1) is 6.10 Å². The summed E-state index contributed by atoms with van der Waals surface area (Å²) in [5.74, 6) is 0.240. The first kappa shape index (κ1) is 11.6. The van der Waals surface area contributed by atoms with Gasteiger partial charge in [0.2, 0.25) is 0 Å². The van der Waals surface area contributed by atoms with E-state index in [2.05, 4.69) is 4.98 Å². The van der Waals surface area contributed by atoms with E-state index in [0.717, 1.165) is 12.8 Å². The summed E-state index contributed by atoms with van der Waals surface area (Å²) in [6.45, 7) is 0. The molecular formula is C13H19NO2. The Morgan fingerprint density at radius 1 is 1.19 bits per heavy atom. The Bertz CT molecular complexity index is 309. The normalized spacial score (nSPS) is 21.6. The van der Waals surface area contributed by atoms with Gasteiger partial charge in [-0.25, -0.2) is 0 Å². The second-order valence-electron chi connectivity index (χ2n) is 4.62. The molecule has 88 valence electrons. The number of aliphatic hydroxyl groups excluding tert-OH is 2. The second kappa shape index (κ2) is 5.41. The van der Waals surface area contributed by atoms with Gasteiger partial charge in [-0.15, -0.1) is 0 Å². The third-order valence-corrected chi connectivity index (χ3v) is 3.48. The predicted octanol–water partition coefficient (Wildman–Crippen LogP) is 2.06. The smallest absolute Gasteiger partial charge is 0.107 e. The van der Waals surface area contributed by atoms with E-state index in [1.54, 1.807) is 18.5 Å². The van der Waals surface area contributed by atoms with Crippen LogP contribution >= 0.6 is 0 Å². The van der Waals surface area contributed by atoms with Gasteiger partial charge in [0, 0.05) is 18.0 Å². The zero-order valence-corrected chi connectivity index (χ0v) is 9.42. The highest BCUT2D eigenvalue weighted by Gasteiger charge is 2.28. The van der Waals surface area contributed by atoms with E-state index in [9.17, 15) is 10.2 Å². The average Bonchev–Trinajstić information content (AvgIpc) is 2.39. The van der Waals surface area contributed by atoms with E-state index in [-0.39, 0.29) is 5.92 Å². The molecule has 1 aromatic rings. The van der Waals surface area contributed by atoms with Crippen molar-refractivity contribution >= 4 is 0 Å². The van der Waals surface area contributed by atoms with E-state index in [4.69, 9.17) is 0 Å². The molecule has 0 aliphatic heterocycles. The lowest BCUT2D eigenvalue weighted by atomic mass is 9.82. The van der Waals surface area contributed by atoms with Crippen LogP contribution in [0.15, 0.2) is 24.5 Å². The molecule has 1 aliphatic rings. The monoisotopic (exact) mass is 221 g/mol. The SMILES string of the molecule is OC(c1cccnc1)C(O)C1CCCCC1. The van der Waals surface area contributed by atoms with Crippen LogP contribution in [-0.4, -0.2) is 21.3 Å². The molecule has 16 heavy (non-hydrogen) atoms. The lowest BCUT2D eigenvalue weighted by Crippen LogP contribution is -2.29. The van der Waals surface area contributed by atoms with E-state index in [1.165, 1.54) is 19.3 Å². The van der Waals surface area contributed by atoms with Crippen molar-refractivity contribution in [1.82, 2.24) is 4.98 Å². The molecule has 2 N–H and O–H groups in total. The van der Waals surface area contributed by atoms with Gasteiger partial charge in [0.1, 0.15) is 6.10 Å². The van der Waals surface area contributed by atoms with E-state index in [1.807, 2.05) is 6.07 Å². The van der Waals surface area contributed by atoms with Crippen LogP contribution in [0.3, 0.4) is 0 Å². The molecule has 0 saturated heterocycles. The first-order valence-corrected chi connectivity index (χ1v) is 6.05. The molecule has 2 rings (SSSR count). The van der Waals surface area contributed by atoms with Crippen molar-refractivity contribution in [1.29, 1.82) is 0 Å². The molecule has 2 unspecified atom stereocenters. The Morgan fingerprint density at radius 3 is 2.56 bits per heavy atom. The fourth-order valence-electron chi connectivity index (χ4n) is 2.48. The van der Waals surface area contributed by atoms with Gasteiger partial charge in [-0.05, 0) is 24.8 Å². The van der Waals surface area contributed by atoms with Gasteiger partial charge in [0.15, 0.2) is 0 Å². The summed E-state index contributed by atoms with van der Waals surface area (Å²) in [6, 6.07) is 3.59. The van der Waals surface area contributed by atoms with Crippen molar-refractivity contribution in [3.05, 3.63) is 30.1 Å². The van der Waals surface area contributed by atoms with Gasteiger partial charge in [0.25, 0.3) is 0 Å². The maximum Gasteiger partial charge on any atom is 0.107 e. The zero-order chi connectivity index (χ0) is 11.4. The van der Waals surface area contributed by atoms with Crippen LogP contribution in [0.5, 0.6) is 0 Å². The predicted molar refractivity (Wildman–Crippen MR) is 61.8 cm³/mol. The quantitative estimate of drug-likeness (QED) is 0.821. The molecule has 2 atom stereocenters. The number of nitrogens with zero attached hydrogens (tertiary/aromatic N) is 1. The molecular weight excluding hydrogens is 202 g/mol. The van der Waals surface area contributed by atoms with Crippen LogP contribution in [-0.2, 0) is 0 Å². The zero-order valence-electron chi connectivity index (χ0n) is 9.42. The number of hydrogen-bond acceptors (Lipinski definition) is 3.